The average molecular weight is 272 g/mol. The lowest BCUT2D eigenvalue weighted by molar-refractivity contribution is 0.987. The Morgan fingerprint density at radius 1 is 1.16 bits per heavy atom. The van der Waals surface area contributed by atoms with Crippen molar-refractivity contribution in [1.29, 1.82) is 0 Å². The van der Waals surface area contributed by atoms with Crippen molar-refractivity contribution in [3.63, 3.8) is 0 Å². The molecule has 2 heterocycles. The second-order valence-corrected chi connectivity index (χ2v) is 4.87. The smallest absolute Gasteiger partial charge is 0.137 e. The van der Waals surface area contributed by atoms with Gasteiger partial charge in [-0.25, -0.2) is 4.98 Å². The van der Waals surface area contributed by atoms with Crippen LogP contribution in [0.5, 0.6) is 0 Å². The molecule has 3 nitrogen and oxygen atoms in total. The van der Waals surface area contributed by atoms with Crippen molar-refractivity contribution >= 4 is 22.9 Å². The normalized spacial score (nSPS) is 10.8. The van der Waals surface area contributed by atoms with Gasteiger partial charge in [0.2, 0.25) is 0 Å². The van der Waals surface area contributed by atoms with Crippen molar-refractivity contribution in [1.82, 2.24) is 9.38 Å². The number of fused-ring (bicyclic) bond motifs is 1. The van der Waals surface area contributed by atoms with Crippen LogP contribution in [0.15, 0.2) is 48.7 Å². The van der Waals surface area contributed by atoms with Gasteiger partial charge in [0, 0.05) is 16.9 Å². The van der Waals surface area contributed by atoms with E-state index in [1.807, 2.05) is 55.6 Å². The molecule has 0 amide bonds. The average Bonchev–Trinajstić information content (AvgIpc) is 2.74. The number of nitrogens with one attached hydrogen (secondary N) is 1. The first-order valence-corrected chi connectivity index (χ1v) is 6.54. The van der Waals surface area contributed by atoms with E-state index in [-0.39, 0.29) is 0 Å². The highest BCUT2D eigenvalue weighted by molar-refractivity contribution is 6.30. The van der Waals surface area contributed by atoms with E-state index in [0.29, 0.717) is 0 Å². The van der Waals surface area contributed by atoms with E-state index in [2.05, 4.69) is 14.7 Å². The number of halogens is 1. The lowest BCUT2D eigenvalue weighted by Crippen LogP contribution is -2.03. The monoisotopic (exact) mass is 271 g/mol. The molecule has 1 N–H and O–H groups in total. The molecule has 0 fully saturated rings. The fraction of sp³-hybridized carbons (Fsp3) is 0.133. The lowest BCUT2D eigenvalue weighted by atomic mass is 10.3. The van der Waals surface area contributed by atoms with Crippen LogP contribution in [-0.2, 0) is 6.54 Å². The summed E-state index contributed by atoms with van der Waals surface area (Å²) in [6, 6.07) is 13.7. The maximum Gasteiger partial charge on any atom is 0.137 e. The van der Waals surface area contributed by atoms with Crippen molar-refractivity contribution in [3.05, 3.63) is 65.1 Å². The zero-order valence-electron chi connectivity index (χ0n) is 10.6. The number of hydrogen-bond acceptors (Lipinski definition) is 2. The van der Waals surface area contributed by atoms with E-state index in [1.165, 1.54) is 5.69 Å². The number of anilines is 1. The second kappa shape index (κ2) is 4.94. The summed E-state index contributed by atoms with van der Waals surface area (Å²) in [7, 11) is 0. The van der Waals surface area contributed by atoms with Crippen LogP contribution in [0.2, 0.25) is 5.02 Å². The molecule has 96 valence electrons. The number of imidazole rings is 1. The molecule has 3 aromatic rings. The Morgan fingerprint density at radius 3 is 2.74 bits per heavy atom. The van der Waals surface area contributed by atoms with Gasteiger partial charge in [-0.3, -0.25) is 0 Å². The summed E-state index contributed by atoms with van der Waals surface area (Å²) in [4.78, 5) is 4.54. The molecule has 0 aliphatic heterocycles. The predicted molar refractivity (Wildman–Crippen MR) is 78.7 cm³/mol. The molecule has 2 aromatic heterocycles. The summed E-state index contributed by atoms with van der Waals surface area (Å²) in [5.41, 5.74) is 4.25. The summed E-state index contributed by atoms with van der Waals surface area (Å²) >= 11 is 5.87. The maximum absolute atomic E-state index is 5.87. The quantitative estimate of drug-likeness (QED) is 0.783. The number of rotatable bonds is 3. The van der Waals surface area contributed by atoms with Crippen molar-refractivity contribution in [2.24, 2.45) is 0 Å². The first kappa shape index (κ1) is 12.1. The SMILES string of the molecule is Cc1nc2ccccn2c1CNc1ccc(Cl)cc1. The Kier molecular flexibility index (Phi) is 3.13. The molecular weight excluding hydrogens is 258 g/mol. The van der Waals surface area contributed by atoms with Crippen LogP contribution in [0, 0.1) is 6.92 Å². The molecule has 0 spiro atoms. The van der Waals surface area contributed by atoms with Gasteiger partial charge in [0.05, 0.1) is 17.9 Å². The van der Waals surface area contributed by atoms with Gasteiger partial charge in [0.25, 0.3) is 0 Å². The highest BCUT2D eigenvalue weighted by Crippen LogP contribution is 2.16. The van der Waals surface area contributed by atoms with Crippen molar-refractivity contribution in [3.8, 4) is 0 Å². The highest BCUT2D eigenvalue weighted by atomic mass is 35.5. The molecular formula is C15H14ClN3. The molecule has 0 atom stereocenters. The molecule has 0 saturated heterocycles. The van der Waals surface area contributed by atoms with E-state index in [0.717, 1.165) is 28.6 Å². The van der Waals surface area contributed by atoms with Crippen LogP contribution in [0.1, 0.15) is 11.4 Å². The number of nitrogens with zero attached hydrogens (tertiary/aromatic N) is 2. The third kappa shape index (κ3) is 2.42. The molecule has 0 unspecified atom stereocenters. The maximum atomic E-state index is 5.87. The van der Waals surface area contributed by atoms with Crippen molar-refractivity contribution in [2.45, 2.75) is 13.5 Å². The minimum absolute atomic E-state index is 0.735. The Labute approximate surface area is 116 Å². The Balaban J connectivity index is 1.85. The van der Waals surface area contributed by atoms with Gasteiger partial charge >= 0.3 is 0 Å². The number of aromatic nitrogens is 2. The van der Waals surface area contributed by atoms with Gasteiger partial charge in [0.15, 0.2) is 0 Å². The second-order valence-electron chi connectivity index (χ2n) is 4.43. The zero-order valence-corrected chi connectivity index (χ0v) is 11.4. The molecule has 0 aliphatic rings. The topological polar surface area (TPSA) is 29.3 Å². The molecule has 0 bridgehead atoms. The molecule has 0 saturated carbocycles. The lowest BCUT2D eigenvalue weighted by Gasteiger charge is -2.07. The van der Waals surface area contributed by atoms with E-state index in [9.17, 15) is 0 Å². The standard InChI is InChI=1S/C15H14ClN3/c1-11-14(19-9-3-2-4-15(19)18-11)10-17-13-7-5-12(16)6-8-13/h2-9,17H,10H2,1H3. The zero-order chi connectivity index (χ0) is 13.2. The summed E-state index contributed by atoms with van der Waals surface area (Å²) in [5, 5.41) is 4.13. The van der Waals surface area contributed by atoms with Crippen LogP contribution in [-0.4, -0.2) is 9.38 Å². The number of benzene rings is 1. The summed E-state index contributed by atoms with van der Waals surface area (Å²) < 4.78 is 2.11. The third-order valence-corrected chi connectivity index (χ3v) is 3.39. The predicted octanol–water partition coefficient (Wildman–Crippen LogP) is 3.91. The van der Waals surface area contributed by atoms with Gasteiger partial charge in [-0.15, -0.1) is 0 Å². The van der Waals surface area contributed by atoms with Gasteiger partial charge in [-0.2, -0.15) is 0 Å². The van der Waals surface area contributed by atoms with E-state index >= 15 is 0 Å². The van der Waals surface area contributed by atoms with Crippen LogP contribution in [0.4, 0.5) is 5.69 Å². The first-order chi connectivity index (χ1) is 9.24. The molecule has 0 radical (unpaired) electrons. The summed E-state index contributed by atoms with van der Waals surface area (Å²) in [5.74, 6) is 0. The molecule has 19 heavy (non-hydrogen) atoms. The molecule has 0 aliphatic carbocycles. The fourth-order valence-electron chi connectivity index (χ4n) is 2.13. The Morgan fingerprint density at radius 2 is 1.95 bits per heavy atom. The highest BCUT2D eigenvalue weighted by Gasteiger charge is 2.07. The van der Waals surface area contributed by atoms with Gasteiger partial charge in [-0.05, 0) is 43.3 Å². The van der Waals surface area contributed by atoms with E-state index in [4.69, 9.17) is 11.6 Å². The van der Waals surface area contributed by atoms with Gasteiger partial charge in [0.1, 0.15) is 5.65 Å². The van der Waals surface area contributed by atoms with Gasteiger partial charge in [-0.1, -0.05) is 17.7 Å². The molecule has 3 rings (SSSR count). The minimum Gasteiger partial charge on any atom is -0.379 e. The van der Waals surface area contributed by atoms with Gasteiger partial charge < -0.3 is 9.72 Å². The van der Waals surface area contributed by atoms with Crippen LogP contribution in [0.25, 0.3) is 5.65 Å². The van der Waals surface area contributed by atoms with Crippen LogP contribution >= 0.6 is 11.6 Å². The van der Waals surface area contributed by atoms with Crippen molar-refractivity contribution in [2.75, 3.05) is 5.32 Å². The summed E-state index contributed by atoms with van der Waals surface area (Å²) in [6.45, 7) is 2.77. The number of pyridine rings is 1. The largest absolute Gasteiger partial charge is 0.379 e. The van der Waals surface area contributed by atoms with Crippen molar-refractivity contribution < 1.29 is 0 Å². The molecule has 1 aromatic carbocycles. The van der Waals surface area contributed by atoms with E-state index in [1.54, 1.807) is 0 Å². The van der Waals surface area contributed by atoms with Crippen LogP contribution < -0.4 is 5.32 Å². The number of hydrogen-bond donors (Lipinski definition) is 1. The first-order valence-electron chi connectivity index (χ1n) is 6.16. The number of aryl methyl sites for hydroxylation is 1. The fourth-order valence-corrected chi connectivity index (χ4v) is 2.26. The minimum atomic E-state index is 0.735. The van der Waals surface area contributed by atoms with Crippen LogP contribution in [0.3, 0.4) is 0 Å². The Hall–Kier alpha value is -2.00. The third-order valence-electron chi connectivity index (χ3n) is 3.13. The van der Waals surface area contributed by atoms with E-state index < -0.39 is 0 Å². The Bertz CT molecular complexity index is 701. The molecule has 4 heteroatoms. The summed E-state index contributed by atoms with van der Waals surface area (Å²) in [6.07, 6.45) is 2.04.